The Bertz CT molecular complexity index is 116. The zero-order chi connectivity index (χ0) is 10.7. The van der Waals surface area contributed by atoms with Gasteiger partial charge in [-0.05, 0) is 18.5 Å². The van der Waals surface area contributed by atoms with Crippen molar-refractivity contribution < 1.29 is 124 Å². The summed E-state index contributed by atoms with van der Waals surface area (Å²) in [5, 5.41) is 50.0. The van der Waals surface area contributed by atoms with Gasteiger partial charge in [0.15, 0.2) is 0 Å². The number of rotatable bonds is 0. The molecule has 0 bridgehead atoms. The van der Waals surface area contributed by atoms with Crippen LogP contribution in [0.2, 0.25) is 0 Å². The standard InChI is InChI=1S/3CH2O3.2Lu.H2O/c3*2-1(3)4;;;/h3*(H2,2,3,4);;;1H2/q;;;2*+3;/p-6. The Morgan fingerprint density at radius 1 is 0.533 bits per heavy atom. The molecule has 0 rings (SSSR count). The van der Waals surface area contributed by atoms with E-state index >= 15 is 0 Å². The first-order valence-electron chi connectivity index (χ1n) is 1.84. The molecule has 0 aromatic heterocycles. The maximum absolute atomic E-state index is 8.33. The molecule has 15 heavy (non-hydrogen) atoms. The van der Waals surface area contributed by atoms with Crippen LogP contribution >= 0.6 is 0 Å². The molecular formula is C3H2Lu2O10. The minimum atomic E-state index is -2.33. The monoisotopic (exact) mass is 548 g/mol. The van der Waals surface area contributed by atoms with E-state index in [0.29, 0.717) is 0 Å². The van der Waals surface area contributed by atoms with Crippen LogP contribution in [0.25, 0.3) is 0 Å². The molecule has 0 aliphatic rings. The minimum Gasteiger partial charge on any atom is -0.652 e. The Morgan fingerprint density at radius 2 is 0.533 bits per heavy atom. The topological polar surface area (TPSA) is 221 Å². The summed E-state index contributed by atoms with van der Waals surface area (Å²) in [6.45, 7) is 0. The quantitative estimate of drug-likeness (QED) is 0.280. The van der Waals surface area contributed by atoms with Gasteiger partial charge in [0.05, 0.1) is 0 Å². The zero-order valence-corrected chi connectivity index (χ0v) is 9.50. The van der Waals surface area contributed by atoms with E-state index in [1.807, 2.05) is 0 Å². The molecule has 0 aliphatic carbocycles. The number of carbonyl (C=O) groups excluding carboxylic acids is 3. The molecule has 104 valence electrons. The van der Waals surface area contributed by atoms with Crippen molar-refractivity contribution in [2.45, 2.75) is 0 Å². The minimum absolute atomic E-state index is 0. The Morgan fingerprint density at radius 3 is 0.533 bits per heavy atom. The summed E-state index contributed by atoms with van der Waals surface area (Å²) in [6.07, 6.45) is -7.00. The molecule has 2 N–H and O–H groups in total. The fourth-order valence-corrected chi connectivity index (χ4v) is 0. The first kappa shape index (κ1) is 36.2. The second-order valence-corrected chi connectivity index (χ2v) is 0.750. The molecule has 0 radical (unpaired) electrons. The Balaban J connectivity index is -0.0000000184. The maximum Gasteiger partial charge on any atom is 3.00 e. The fraction of sp³-hybridized carbons (Fsp3) is 0. The smallest absolute Gasteiger partial charge is 0.652 e. The molecule has 0 aromatic rings. The van der Waals surface area contributed by atoms with Crippen molar-refractivity contribution in [3.8, 4) is 0 Å². The summed E-state index contributed by atoms with van der Waals surface area (Å²) in [6, 6.07) is 0. The van der Waals surface area contributed by atoms with Crippen molar-refractivity contribution in [3.63, 3.8) is 0 Å². The zero-order valence-electron chi connectivity index (χ0n) is 6.19. The summed E-state index contributed by atoms with van der Waals surface area (Å²) in [7, 11) is 0. The van der Waals surface area contributed by atoms with Gasteiger partial charge in [0, 0.05) is 0 Å². The molecule has 0 aliphatic heterocycles. The van der Waals surface area contributed by atoms with Gasteiger partial charge in [-0.25, -0.2) is 0 Å². The number of hydrogen-bond acceptors (Lipinski definition) is 9. The molecule has 0 heterocycles. The van der Waals surface area contributed by atoms with Gasteiger partial charge < -0.3 is 50.5 Å². The van der Waals surface area contributed by atoms with Gasteiger partial charge in [-0.3, -0.25) is 0 Å². The van der Waals surface area contributed by atoms with Crippen LogP contribution in [0.3, 0.4) is 0 Å². The largest absolute Gasteiger partial charge is 3.00 e. The maximum atomic E-state index is 8.33. The Kier molecular flexibility index (Phi) is 70.6. The first-order valence-corrected chi connectivity index (χ1v) is 1.84. The first-order chi connectivity index (χ1) is 5.20. The molecule has 0 spiro atoms. The van der Waals surface area contributed by atoms with Crippen LogP contribution in [0.5, 0.6) is 0 Å². The van der Waals surface area contributed by atoms with Crippen LogP contribution in [-0.4, -0.2) is 23.9 Å². The van der Waals surface area contributed by atoms with Crippen molar-refractivity contribution in [1.82, 2.24) is 0 Å². The van der Waals surface area contributed by atoms with E-state index in [2.05, 4.69) is 0 Å². The van der Waals surface area contributed by atoms with E-state index in [1.54, 1.807) is 0 Å². The van der Waals surface area contributed by atoms with E-state index in [9.17, 15) is 0 Å². The van der Waals surface area contributed by atoms with E-state index in [-0.39, 0.29) is 79.2 Å². The predicted octanol–water partition coefficient (Wildman–Crippen LogP) is -8.17. The third-order valence-electron chi connectivity index (χ3n) is 0. The van der Waals surface area contributed by atoms with Crippen LogP contribution in [0.1, 0.15) is 0 Å². The van der Waals surface area contributed by atoms with Gasteiger partial charge in [0.25, 0.3) is 0 Å². The average Bonchev–Trinajstić information content (AvgIpc) is 1.54. The number of carbonyl (C=O) groups is 3. The van der Waals surface area contributed by atoms with Crippen LogP contribution in [-0.2, 0) is 0 Å². The Hall–Kier alpha value is 0.238. The molecule has 0 saturated heterocycles. The van der Waals surface area contributed by atoms with Crippen molar-refractivity contribution >= 4 is 18.5 Å². The molecule has 0 unspecified atom stereocenters. The summed E-state index contributed by atoms with van der Waals surface area (Å²) in [4.78, 5) is 25.0. The van der Waals surface area contributed by atoms with Gasteiger partial charge in [0.2, 0.25) is 0 Å². The van der Waals surface area contributed by atoms with Crippen molar-refractivity contribution in [3.05, 3.63) is 0 Å². The molecule has 0 atom stereocenters. The van der Waals surface area contributed by atoms with E-state index < -0.39 is 18.5 Å². The van der Waals surface area contributed by atoms with Crippen LogP contribution in [0.4, 0.5) is 14.4 Å². The normalized spacial score (nSPS) is 4.80. The molecule has 12 heteroatoms. The van der Waals surface area contributed by atoms with Crippen molar-refractivity contribution in [2.24, 2.45) is 0 Å². The SMILES string of the molecule is O.O=C([O-])[O-].O=C([O-])[O-].O=C([O-])[O-].[Lu+3].[Lu+3]. The van der Waals surface area contributed by atoms with E-state index in [1.165, 1.54) is 0 Å². The van der Waals surface area contributed by atoms with Crippen molar-refractivity contribution in [1.29, 1.82) is 0 Å². The summed E-state index contributed by atoms with van der Waals surface area (Å²) in [5.41, 5.74) is 0. The van der Waals surface area contributed by atoms with E-state index in [0.717, 1.165) is 0 Å². The number of hydrogen-bond donors (Lipinski definition) is 0. The summed E-state index contributed by atoms with van der Waals surface area (Å²) in [5.74, 6) is 0. The third-order valence-corrected chi connectivity index (χ3v) is 0. The van der Waals surface area contributed by atoms with Gasteiger partial charge in [0.1, 0.15) is 0 Å². The van der Waals surface area contributed by atoms with Crippen LogP contribution in [0.15, 0.2) is 0 Å². The molecule has 0 aromatic carbocycles. The molecular weight excluding hydrogens is 546 g/mol. The van der Waals surface area contributed by atoms with Gasteiger partial charge in [-0.1, -0.05) is 0 Å². The fourth-order valence-electron chi connectivity index (χ4n) is 0. The third kappa shape index (κ3) is 37800. The van der Waals surface area contributed by atoms with Crippen LogP contribution < -0.4 is 30.6 Å². The molecule has 0 fully saturated rings. The predicted molar refractivity (Wildman–Crippen MR) is 19.8 cm³/mol. The summed E-state index contributed by atoms with van der Waals surface area (Å²) < 4.78 is 0. The second-order valence-electron chi connectivity index (χ2n) is 0.750. The van der Waals surface area contributed by atoms with Gasteiger partial charge in [-0.2, -0.15) is 0 Å². The van der Waals surface area contributed by atoms with Gasteiger partial charge in [-0.15, -0.1) is 0 Å². The van der Waals surface area contributed by atoms with Crippen LogP contribution in [0, 0.1) is 73.7 Å². The molecule has 0 saturated carbocycles. The average molecular weight is 548 g/mol. The molecule has 10 nitrogen and oxygen atoms in total. The van der Waals surface area contributed by atoms with Crippen molar-refractivity contribution in [2.75, 3.05) is 0 Å². The van der Waals surface area contributed by atoms with E-state index in [4.69, 9.17) is 45.0 Å². The molecule has 0 amide bonds. The second kappa shape index (κ2) is 29.2. The summed E-state index contributed by atoms with van der Waals surface area (Å²) >= 11 is 0. The van der Waals surface area contributed by atoms with Gasteiger partial charge >= 0.3 is 73.7 Å². The number of carboxylic acid groups (broad SMARTS) is 6. The Labute approximate surface area is 141 Å².